The Morgan fingerprint density at radius 3 is 1.67 bits per heavy atom. The van der Waals surface area contributed by atoms with Crippen molar-refractivity contribution < 1.29 is 38.1 Å². The van der Waals surface area contributed by atoms with Crippen molar-refractivity contribution in [1.29, 1.82) is 0 Å². The number of esters is 3. The summed E-state index contributed by atoms with van der Waals surface area (Å²) < 4.78 is 26.0. The Bertz CT molecular complexity index is 407. The molecular weight excluding hydrogens is 284 g/mol. The van der Waals surface area contributed by atoms with Crippen LogP contribution >= 0.6 is 0 Å². The van der Waals surface area contributed by atoms with Gasteiger partial charge >= 0.3 is 17.9 Å². The van der Waals surface area contributed by atoms with Crippen LogP contribution in [0.15, 0.2) is 0 Å². The molecule has 1 aliphatic heterocycles. The summed E-state index contributed by atoms with van der Waals surface area (Å²) in [6.07, 6.45) is -4.47. The monoisotopic (exact) mass is 304 g/mol. The molecule has 0 unspecified atom stereocenters. The van der Waals surface area contributed by atoms with Crippen LogP contribution < -0.4 is 0 Å². The number of methoxy groups -OCH3 is 1. The van der Waals surface area contributed by atoms with E-state index in [0.29, 0.717) is 0 Å². The molecule has 8 heteroatoms. The lowest BCUT2D eigenvalue weighted by atomic mass is 9.99. The maximum Gasteiger partial charge on any atom is 0.303 e. The zero-order chi connectivity index (χ0) is 16.2. The largest absolute Gasteiger partial charge is 0.456 e. The summed E-state index contributed by atoms with van der Waals surface area (Å²) in [4.78, 5) is 33.7. The smallest absolute Gasteiger partial charge is 0.303 e. The first-order valence-corrected chi connectivity index (χ1v) is 6.46. The van der Waals surface area contributed by atoms with Crippen LogP contribution in [0.4, 0.5) is 0 Å². The van der Waals surface area contributed by atoms with Gasteiger partial charge in [0.15, 0.2) is 24.6 Å². The van der Waals surface area contributed by atoms with Crippen LogP contribution in [0.2, 0.25) is 0 Å². The Labute approximate surface area is 122 Å². The fourth-order valence-electron chi connectivity index (χ4n) is 2.16. The average molecular weight is 304 g/mol. The quantitative estimate of drug-likeness (QED) is 0.535. The fourth-order valence-corrected chi connectivity index (χ4v) is 2.16. The van der Waals surface area contributed by atoms with Gasteiger partial charge in [0.25, 0.3) is 0 Å². The van der Waals surface area contributed by atoms with Crippen molar-refractivity contribution in [3.05, 3.63) is 0 Å². The summed E-state index contributed by atoms with van der Waals surface area (Å²) in [5.74, 6) is -1.76. The molecule has 0 bridgehead atoms. The van der Waals surface area contributed by atoms with Crippen molar-refractivity contribution >= 4 is 17.9 Å². The Balaban J connectivity index is 3.08. The molecule has 8 nitrogen and oxygen atoms in total. The van der Waals surface area contributed by atoms with E-state index in [-0.39, 0.29) is 0 Å². The zero-order valence-corrected chi connectivity index (χ0v) is 12.7. The highest BCUT2D eigenvalue weighted by atomic mass is 16.7. The number of rotatable bonds is 4. The van der Waals surface area contributed by atoms with E-state index in [1.807, 2.05) is 0 Å². The molecule has 0 aliphatic carbocycles. The van der Waals surface area contributed by atoms with Crippen molar-refractivity contribution in [2.75, 3.05) is 7.11 Å². The number of ether oxygens (including phenoxy) is 5. The first kappa shape index (κ1) is 17.4. The predicted molar refractivity (Wildman–Crippen MR) is 68.0 cm³/mol. The van der Waals surface area contributed by atoms with Crippen molar-refractivity contribution in [1.82, 2.24) is 0 Å². The molecule has 0 aromatic heterocycles. The maximum absolute atomic E-state index is 11.3. The molecule has 5 atom stereocenters. The third-order valence-corrected chi connectivity index (χ3v) is 2.87. The van der Waals surface area contributed by atoms with Crippen LogP contribution in [0.5, 0.6) is 0 Å². The summed E-state index contributed by atoms with van der Waals surface area (Å²) in [6.45, 7) is 5.27. The third-order valence-electron chi connectivity index (χ3n) is 2.87. The highest BCUT2D eigenvalue weighted by Gasteiger charge is 2.50. The van der Waals surface area contributed by atoms with Crippen LogP contribution in [-0.4, -0.2) is 55.7 Å². The first-order valence-electron chi connectivity index (χ1n) is 6.46. The van der Waals surface area contributed by atoms with Gasteiger partial charge in [0.1, 0.15) is 0 Å². The molecule has 0 aromatic carbocycles. The van der Waals surface area contributed by atoms with Crippen LogP contribution in [0.3, 0.4) is 0 Å². The summed E-state index contributed by atoms with van der Waals surface area (Å²) in [5, 5.41) is 0. The van der Waals surface area contributed by atoms with E-state index >= 15 is 0 Å². The lowest BCUT2D eigenvalue weighted by molar-refractivity contribution is -0.294. The van der Waals surface area contributed by atoms with Gasteiger partial charge < -0.3 is 23.7 Å². The third kappa shape index (κ3) is 4.68. The molecule has 0 amide bonds. The van der Waals surface area contributed by atoms with Crippen molar-refractivity contribution in [2.45, 2.75) is 58.4 Å². The van der Waals surface area contributed by atoms with Crippen molar-refractivity contribution in [3.8, 4) is 0 Å². The standard InChI is InChI=1S/C13H20O8/c1-6-10(19-7(2)14)11(20-8(3)15)12(21-9(4)16)13(17-5)18-6/h6,10-13H,1-5H3/t6-,10-,11-,12-,13-/m1/s1. The van der Waals surface area contributed by atoms with Crippen LogP contribution in [0.1, 0.15) is 27.7 Å². The SMILES string of the molecule is CO[C@@H]1O[C@H](C)[C@@H](OC(C)=O)[C@@H](OC(C)=O)[C@H]1OC(C)=O. The van der Waals surface area contributed by atoms with E-state index in [2.05, 4.69) is 0 Å². The highest BCUT2D eigenvalue weighted by molar-refractivity contribution is 5.68. The maximum atomic E-state index is 11.3. The summed E-state index contributed by atoms with van der Waals surface area (Å²) in [5.41, 5.74) is 0. The van der Waals surface area contributed by atoms with E-state index in [0.717, 1.165) is 0 Å². The molecule has 0 saturated carbocycles. The molecule has 21 heavy (non-hydrogen) atoms. The first-order chi connectivity index (χ1) is 9.76. The molecule has 1 fully saturated rings. The normalized spacial score (nSPS) is 32.1. The van der Waals surface area contributed by atoms with Gasteiger partial charge in [-0.3, -0.25) is 14.4 Å². The summed E-state index contributed by atoms with van der Waals surface area (Å²) in [7, 11) is 1.37. The van der Waals surface area contributed by atoms with E-state index in [4.69, 9.17) is 23.7 Å². The Morgan fingerprint density at radius 1 is 0.810 bits per heavy atom. The molecule has 1 rings (SSSR count). The molecule has 1 heterocycles. The van der Waals surface area contributed by atoms with Crippen molar-refractivity contribution in [3.63, 3.8) is 0 Å². The fraction of sp³-hybridized carbons (Fsp3) is 0.769. The van der Waals surface area contributed by atoms with Gasteiger partial charge in [-0.1, -0.05) is 0 Å². The van der Waals surface area contributed by atoms with Gasteiger partial charge in [0, 0.05) is 27.9 Å². The predicted octanol–water partition coefficient (Wildman–Crippen LogP) is 0.173. The minimum Gasteiger partial charge on any atom is -0.456 e. The average Bonchev–Trinajstić information content (AvgIpc) is 2.35. The van der Waals surface area contributed by atoms with Crippen LogP contribution in [0, 0.1) is 0 Å². The van der Waals surface area contributed by atoms with E-state index in [1.54, 1.807) is 6.92 Å². The topological polar surface area (TPSA) is 97.4 Å². The van der Waals surface area contributed by atoms with Gasteiger partial charge in [0.2, 0.25) is 0 Å². The molecule has 1 aliphatic rings. The molecular formula is C13H20O8. The van der Waals surface area contributed by atoms with Crippen LogP contribution in [-0.2, 0) is 38.1 Å². The zero-order valence-electron chi connectivity index (χ0n) is 12.7. The molecule has 0 radical (unpaired) electrons. The van der Waals surface area contributed by atoms with E-state index < -0.39 is 48.6 Å². The minimum absolute atomic E-state index is 0.565. The summed E-state index contributed by atoms with van der Waals surface area (Å²) >= 11 is 0. The number of hydrogen-bond donors (Lipinski definition) is 0. The van der Waals surface area contributed by atoms with Gasteiger partial charge in [-0.15, -0.1) is 0 Å². The van der Waals surface area contributed by atoms with E-state index in [1.165, 1.54) is 27.9 Å². The van der Waals surface area contributed by atoms with Crippen molar-refractivity contribution in [2.24, 2.45) is 0 Å². The lowest BCUT2D eigenvalue weighted by Crippen LogP contribution is -2.60. The second-order valence-electron chi connectivity index (χ2n) is 4.67. The minimum atomic E-state index is -1.03. The lowest BCUT2D eigenvalue weighted by Gasteiger charge is -2.42. The highest BCUT2D eigenvalue weighted by Crippen LogP contribution is 2.28. The van der Waals surface area contributed by atoms with Gasteiger partial charge in [-0.05, 0) is 6.92 Å². The molecule has 0 aromatic rings. The second-order valence-corrected chi connectivity index (χ2v) is 4.67. The Kier molecular flexibility index (Phi) is 6.10. The molecule has 0 spiro atoms. The number of hydrogen-bond acceptors (Lipinski definition) is 8. The Morgan fingerprint density at radius 2 is 1.24 bits per heavy atom. The summed E-state index contributed by atoms with van der Waals surface area (Å²) in [6, 6.07) is 0. The number of carbonyl (C=O) groups excluding carboxylic acids is 3. The van der Waals surface area contributed by atoms with Crippen LogP contribution in [0.25, 0.3) is 0 Å². The molecule has 1 saturated heterocycles. The van der Waals surface area contributed by atoms with Gasteiger partial charge in [-0.25, -0.2) is 0 Å². The molecule has 120 valence electrons. The second kappa shape index (κ2) is 7.37. The van der Waals surface area contributed by atoms with Gasteiger partial charge in [-0.2, -0.15) is 0 Å². The van der Waals surface area contributed by atoms with E-state index in [9.17, 15) is 14.4 Å². The van der Waals surface area contributed by atoms with Gasteiger partial charge in [0.05, 0.1) is 6.10 Å². The number of carbonyl (C=O) groups is 3. The molecule has 0 N–H and O–H groups in total. The Hall–Kier alpha value is -1.67.